The molecule has 3 saturated heterocycles. The minimum absolute atomic E-state index is 0.0622. The summed E-state index contributed by atoms with van der Waals surface area (Å²) in [4.78, 5) is 31.2. The summed E-state index contributed by atoms with van der Waals surface area (Å²) >= 11 is 0. The Kier molecular flexibility index (Phi) is 6.51. The molecule has 12 heteroatoms. The van der Waals surface area contributed by atoms with Crippen LogP contribution in [0.15, 0.2) is 54.9 Å². The zero-order valence-corrected chi connectivity index (χ0v) is 25.5. The van der Waals surface area contributed by atoms with E-state index in [0.29, 0.717) is 36.7 Å². The van der Waals surface area contributed by atoms with Crippen molar-refractivity contribution < 1.29 is 9.53 Å². The van der Waals surface area contributed by atoms with Gasteiger partial charge in [0.2, 0.25) is 11.8 Å². The number of nitrogens with zero attached hydrogens (tertiary/aromatic N) is 8. The fourth-order valence-electron chi connectivity index (χ4n) is 7.80. The highest BCUT2D eigenvalue weighted by molar-refractivity contribution is 5.91. The third kappa shape index (κ3) is 4.61. The first-order valence-electron chi connectivity index (χ1n) is 16.4. The molecular weight excluding hydrogens is 580 g/mol. The summed E-state index contributed by atoms with van der Waals surface area (Å²) in [5, 5.41) is 13.3. The Morgan fingerprint density at radius 1 is 0.891 bits per heavy atom. The van der Waals surface area contributed by atoms with Crippen LogP contribution in [0, 0.1) is 0 Å². The van der Waals surface area contributed by atoms with Crippen LogP contribution >= 0.6 is 0 Å². The average molecular weight is 617 g/mol. The molecule has 0 radical (unpaired) electrons. The van der Waals surface area contributed by atoms with Crippen LogP contribution in [0.2, 0.25) is 0 Å². The molecule has 1 aliphatic carbocycles. The highest BCUT2D eigenvalue weighted by Crippen LogP contribution is 2.50. The number of hydrogen-bond donors (Lipinski definition) is 2. The molecule has 2 atom stereocenters. The van der Waals surface area contributed by atoms with E-state index >= 15 is 0 Å². The maximum Gasteiger partial charge on any atom is 0.292 e. The van der Waals surface area contributed by atoms with Gasteiger partial charge in [-0.3, -0.25) is 9.78 Å². The number of benzene rings is 1. The summed E-state index contributed by atoms with van der Waals surface area (Å²) in [6.07, 6.45) is 9.64. The van der Waals surface area contributed by atoms with Gasteiger partial charge in [0.1, 0.15) is 5.82 Å². The highest BCUT2D eigenvalue weighted by atomic mass is 16.5. The van der Waals surface area contributed by atoms with E-state index in [-0.39, 0.29) is 23.9 Å². The van der Waals surface area contributed by atoms with Crippen molar-refractivity contribution in [2.45, 2.75) is 62.4 Å². The molecule has 46 heavy (non-hydrogen) atoms. The van der Waals surface area contributed by atoms with Crippen molar-refractivity contribution in [3.63, 3.8) is 0 Å². The number of fused-ring (bicyclic) bond motifs is 3. The Morgan fingerprint density at radius 2 is 1.67 bits per heavy atom. The van der Waals surface area contributed by atoms with E-state index in [4.69, 9.17) is 25.5 Å². The number of morpholine rings is 1. The van der Waals surface area contributed by atoms with Gasteiger partial charge in [-0.1, -0.05) is 36.4 Å². The molecule has 9 rings (SSSR count). The van der Waals surface area contributed by atoms with Crippen LogP contribution in [0.5, 0.6) is 0 Å². The Hall–Kier alpha value is -4.84. The number of aromatic nitrogens is 7. The van der Waals surface area contributed by atoms with E-state index < -0.39 is 0 Å². The Balaban J connectivity index is 1.01. The van der Waals surface area contributed by atoms with Gasteiger partial charge in [-0.15, -0.1) is 10.2 Å². The molecule has 3 aliphatic heterocycles. The van der Waals surface area contributed by atoms with Gasteiger partial charge in [-0.2, -0.15) is 9.61 Å². The van der Waals surface area contributed by atoms with Crippen molar-refractivity contribution in [1.82, 2.24) is 39.7 Å². The second-order valence-electron chi connectivity index (χ2n) is 13.0. The van der Waals surface area contributed by atoms with Gasteiger partial charge >= 0.3 is 0 Å². The number of aromatic amines is 1. The number of piperidine rings is 1. The molecule has 0 spiro atoms. The molecule has 12 nitrogen and oxygen atoms in total. The summed E-state index contributed by atoms with van der Waals surface area (Å²) in [7, 11) is 0. The van der Waals surface area contributed by atoms with E-state index in [1.165, 1.54) is 0 Å². The van der Waals surface area contributed by atoms with E-state index in [9.17, 15) is 4.79 Å². The number of rotatable bonds is 6. The van der Waals surface area contributed by atoms with Crippen molar-refractivity contribution in [2.75, 3.05) is 36.9 Å². The monoisotopic (exact) mass is 616 g/mol. The number of carbonyl (C=O) groups excluding carboxylic acids is 1. The fourth-order valence-corrected chi connectivity index (χ4v) is 7.80. The smallest absolute Gasteiger partial charge is 0.292 e. The number of nitrogen functional groups attached to an aromatic ring is 1. The summed E-state index contributed by atoms with van der Waals surface area (Å²) < 4.78 is 7.26. The maximum atomic E-state index is 13.8. The lowest BCUT2D eigenvalue weighted by Gasteiger charge is -2.39. The predicted octanol–water partition coefficient (Wildman–Crippen LogP) is 4.42. The third-order valence-electron chi connectivity index (χ3n) is 10.2. The number of anilines is 2. The third-order valence-corrected chi connectivity index (χ3v) is 10.2. The van der Waals surface area contributed by atoms with E-state index in [1.54, 1.807) is 4.52 Å². The molecule has 234 valence electrons. The number of H-pyrrole nitrogens is 1. The molecule has 7 heterocycles. The minimum Gasteiger partial charge on any atom is -0.383 e. The van der Waals surface area contributed by atoms with Crippen LogP contribution in [0.1, 0.15) is 72.2 Å². The number of amides is 1. The minimum atomic E-state index is -0.0622. The summed E-state index contributed by atoms with van der Waals surface area (Å²) in [5.41, 5.74) is 13.8. The van der Waals surface area contributed by atoms with Gasteiger partial charge in [-0.25, -0.2) is 4.98 Å². The summed E-state index contributed by atoms with van der Waals surface area (Å²) in [6, 6.07) is 14.5. The Bertz CT molecular complexity index is 1900. The molecular formula is C34H36N10O2. The van der Waals surface area contributed by atoms with E-state index in [0.717, 1.165) is 90.9 Å². The predicted molar refractivity (Wildman–Crippen MR) is 172 cm³/mol. The van der Waals surface area contributed by atoms with Crippen LogP contribution in [0.4, 0.5) is 11.8 Å². The van der Waals surface area contributed by atoms with E-state index in [2.05, 4.69) is 43.2 Å². The average Bonchev–Trinajstić information content (AvgIpc) is 3.53. The largest absolute Gasteiger partial charge is 0.383 e. The van der Waals surface area contributed by atoms with Gasteiger partial charge in [0.05, 0.1) is 30.8 Å². The molecule has 4 aliphatic rings. The topological polar surface area (TPSA) is 143 Å². The molecule has 1 amide bonds. The number of pyridine rings is 1. The SMILES string of the molecule is Nc1c(C2CC2)c(C2CC3CCC(C2)N3C(=O)c2nnc(N3CCOCC3)[nH]2)nc2c(-c3ccc(-c4ccccc4)nc3)cnn12. The second kappa shape index (κ2) is 10.9. The van der Waals surface area contributed by atoms with Crippen LogP contribution in [0.3, 0.4) is 0 Å². The van der Waals surface area contributed by atoms with Crippen LogP contribution in [-0.4, -0.2) is 84.0 Å². The summed E-state index contributed by atoms with van der Waals surface area (Å²) in [5.74, 6) is 2.20. The second-order valence-corrected chi connectivity index (χ2v) is 13.0. The summed E-state index contributed by atoms with van der Waals surface area (Å²) in [6.45, 7) is 2.76. The zero-order valence-electron chi connectivity index (χ0n) is 25.5. The molecule has 5 aromatic rings. The first kappa shape index (κ1) is 27.5. The van der Waals surface area contributed by atoms with Gasteiger partial charge in [0, 0.05) is 59.5 Å². The Morgan fingerprint density at radius 3 is 2.39 bits per heavy atom. The van der Waals surface area contributed by atoms with Crippen LogP contribution < -0.4 is 10.6 Å². The van der Waals surface area contributed by atoms with Crippen molar-refractivity contribution in [2.24, 2.45) is 0 Å². The number of nitrogens with one attached hydrogen (secondary N) is 1. The maximum absolute atomic E-state index is 13.8. The molecule has 1 aromatic carbocycles. The van der Waals surface area contributed by atoms with Gasteiger partial charge in [0.25, 0.3) is 5.91 Å². The highest BCUT2D eigenvalue weighted by Gasteiger charge is 2.46. The molecule has 3 N–H and O–H groups in total. The number of ether oxygens (including phenoxy) is 1. The van der Waals surface area contributed by atoms with Crippen molar-refractivity contribution in [3.05, 3.63) is 71.9 Å². The molecule has 2 bridgehead atoms. The molecule has 4 aromatic heterocycles. The van der Waals surface area contributed by atoms with Crippen LogP contribution in [-0.2, 0) is 4.74 Å². The lowest BCUT2D eigenvalue weighted by molar-refractivity contribution is 0.0557. The van der Waals surface area contributed by atoms with Gasteiger partial charge < -0.3 is 25.3 Å². The quantitative estimate of drug-likeness (QED) is 0.283. The lowest BCUT2D eigenvalue weighted by Crippen LogP contribution is -2.46. The lowest BCUT2D eigenvalue weighted by atomic mass is 9.85. The standard InChI is InChI=1S/C34H36N10O2/c35-30-28(21-6-7-21)29(38-32-26(19-37-44(30)32)22-8-11-27(36-18-22)20-4-2-1-3-5-20)23-16-24-9-10-25(17-23)43(24)33(45)31-39-34(41-40-31)42-12-14-46-15-13-42/h1-5,8,11,18-19,21,23-25H,6-7,9-10,12-17,35H2,(H,39,40,41). The van der Waals surface area contributed by atoms with E-state index in [1.807, 2.05) is 36.7 Å². The molecule has 1 saturated carbocycles. The Labute approximate surface area is 266 Å². The first-order valence-corrected chi connectivity index (χ1v) is 16.4. The number of carbonyl (C=O) groups is 1. The zero-order chi connectivity index (χ0) is 30.8. The molecule has 4 fully saturated rings. The van der Waals surface area contributed by atoms with Gasteiger partial charge in [-0.05, 0) is 50.5 Å². The number of nitrogens with two attached hydrogens (primary N) is 1. The van der Waals surface area contributed by atoms with Crippen molar-refractivity contribution in [3.8, 4) is 22.4 Å². The van der Waals surface area contributed by atoms with Gasteiger partial charge in [0.15, 0.2) is 5.65 Å². The molecule has 2 unspecified atom stereocenters. The number of hydrogen-bond acceptors (Lipinski definition) is 9. The normalized spacial score (nSPS) is 22.9. The fraction of sp³-hybridized carbons (Fsp3) is 0.412. The first-order chi connectivity index (χ1) is 22.6. The van der Waals surface area contributed by atoms with Crippen LogP contribution in [0.25, 0.3) is 28.0 Å². The van der Waals surface area contributed by atoms with Crippen molar-refractivity contribution in [1.29, 1.82) is 0 Å². The van der Waals surface area contributed by atoms with Crippen molar-refractivity contribution >= 4 is 23.3 Å².